The van der Waals surface area contributed by atoms with Gasteiger partial charge in [-0.15, -0.1) is 24.0 Å². The summed E-state index contributed by atoms with van der Waals surface area (Å²) in [6.45, 7) is 9.73. The number of nitrogens with zero attached hydrogens (tertiary/aromatic N) is 3. The van der Waals surface area contributed by atoms with Gasteiger partial charge < -0.3 is 25.2 Å². The van der Waals surface area contributed by atoms with E-state index in [0.717, 1.165) is 37.8 Å². The van der Waals surface area contributed by atoms with Gasteiger partial charge in [0.2, 0.25) is 0 Å². The average Bonchev–Trinajstić information content (AvgIpc) is 3.16. The molecule has 7 heteroatoms. The van der Waals surface area contributed by atoms with Crippen LogP contribution in [0.4, 0.5) is 0 Å². The summed E-state index contributed by atoms with van der Waals surface area (Å²) in [4.78, 5) is 9.41. The van der Waals surface area contributed by atoms with Crippen LogP contribution in [0.5, 0.6) is 5.75 Å². The van der Waals surface area contributed by atoms with Gasteiger partial charge >= 0.3 is 0 Å². The molecule has 1 aliphatic carbocycles. The van der Waals surface area contributed by atoms with E-state index in [0.29, 0.717) is 6.10 Å². The topological polar surface area (TPSA) is 52.1 Å². The van der Waals surface area contributed by atoms with Crippen molar-refractivity contribution in [3.63, 3.8) is 0 Å². The van der Waals surface area contributed by atoms with Gasteiger partial charge in [-0.25, -0.2) is 0 Å². The zero-order valence-corrected chi connectivity index (χ0v) is 22.0. The van der Waals surface area contributed by atoms with Gasteiger partial charge in [-0.2, -0.15) is 0 Å². The molecule has 0 unspecified atom stereocenters. The van der Waals surface area contributed by atoms with Gasteiger partial charge in [-0.3, -0.25) is 4.99 Å². The molecular weight excluding hydrogens is 501 g/mol. The molecule has 176 valence electrons. The summed E-state index contributed by atoms with van der Waals surface area (Å²) >= 11 is 0. The van der Waals surface area contributed by atoms with Crippen molar-refractivity contribution < 1.29 is 4.74 Å². The van der Waals surface area contributed by atoms with E-state index in [1.54, 1.807) is 0 Å². The van der Waals surface area contributed by atoms with Crippen LogP contribution in [0.15, 0.2) is 23.2 Å². The molecule has 0 amide bonds. The fraction of sp³-hybridized carbons (Fsp3) is 0.708. The van der Waals surface area contributed by atoms with E-state index in [2.05, 4.69) is 57.6 Å². The first-order valence-electron chi connectivity index (χ1n) is 11.8. The number of hydrogen-bond donors (Lipinski definition) is 2. The molecule has 31 heavy (non-hydrogen) atoms. The minimum atomic E-state index is 0. The highest BCUT2D eigenvalue weighted by atomic mass is 127. The Morgan fingerprint density at radius 1 is 1.10 bits per heavy atom. The summed E-state index contributed by atoms with van der Waals surface area (Å²) in [5.41, 5.74) is 2.44. The average molecular weight is 544 g/mol. The predicted octanol–water partition coefficient (Wildman–Crippen LogP) is 3.63. The molecule has 2 fully saturated rings. The lowest BCUT2D eigenvalue weighted by Crippen LogP contribution is -2.38. The predicted molar refractivity (Wildman–Crippen MR) is 141 cm³/mol. The molecule has 1 aromatic rings. The Balaban J connectivity index is 0.00000341. The Labute approximate surface area is 206 Å². The fourth-order valence-corrected chi connectivity index (χ4v) is 4.34. The summed E-state index contributed by atoms with van der Waals surface area (Å²) in [5.74, 6) is 1.88. The second kappa shape index (κ2) is 14.2. The molecule has 1 aromatic carbocycles. The van der Waals surface area contributed by atoms with Crippen LogP contribution in [0, 0.1) is 6.92 Å². The zero-order chi connectivity index (χ0) is 21.2. The summed E-state index contributed by atoms with van der Waals surface area (Å²) in [7, 11) is 4.06. The van der Waals surface area contributed by atoms with Gasteiger partial charge in [0, 0.05) is 38.8 Å². The number of guanidine groups is 1. The van der Waals surface area contributed by atoms with E-state index in [-0.39, 0.29) is 24.0 Å². The molecule has 0 atom stereocenters. The number of aryl methyl sites for hydroxylation is 1. The van der Waals surface area contributed by atoms with Crippen LogP contribution in [-0.2, 0) is 6.54 Å². The maximum Gasteiger partial charge on any atom is 0.191 e. The highest BCUT2D eigenvalue weighted by Gasteiger charge is 2.18. The molecule has 3 rings (SSSR count). The minimum absolute atomic E-state index is 0. The third kappa shape index (κ3) is 9.14. The molecule has 1 heterocycles. The van der Waals surface area contributed by atoms with Crippen molar-refractivity contribution in [1.82, 2.24) is 20.4 Å². The number of ether oxygens (including phenoxy) is 1. The lowest BCUT2D eigenvalue weighted by Gasteiger charge is -2.21. The minimum Gasteiger partial charge on any atom is -0.490 e. The third-order valence-electron chi connectivity index (χ3n) is 6.24. The van der Waals surface area contributed by atoms with Crippen LogP contribution < -0.4 is 15.4 Å². The Bertz CT molecular complexity index is 678. The van der Waals surface area contributed by atoms with Gasteiger partial charge in [0.05, 0.1) is 6.10 Å². The van der Waals surface area contributed by atoms with Gasteiger partial charge in [0.15, 0.2) is 5.96 Å². The van der Waals surface area contributed by atoms with E-state index < -0.39 is 0 Å². The molecule has 0 spiro atoms. The van der Waals surface area contributed by atoms with Crippen molar-refractivity contribution in [3.8, 4) is 5.75 Å². The van der Waals surface area contributed by atoms with Crippen LogP contribution in [0.1, 0.15) is 49.7 Å². The smallest absolute Gasteiger partial charge is 0.191 e. The van der Waals surface area contributed by atoms with E-state index in [9.17, 15) is 0 Å². The summed E-state index contributed by atoms with van der Waals surface area (Å²) in [6, 6.07) is 6.51. The molecular formula is C24H42IN5O. The number of nitrogens with one attached hydrogen (secondary N) is 2. The number of likely N-dealkylation sites (N-methyl/N-ethyl adjacent to an activating group) is 1. The Kier molecular flexibility index (Phi) is 12.0. The van der Waals surface area contributed by atoms with Gasteiger partial charge in [0.25, 0.3) is 0 Å². The van der Waals surface area contributed by atoms with Crippen molar-refractivity contribution in [2.45, 2.75) is 58.1 Å². The van der Waals surface area contributed by atoms with Gasteiger partial charge in [0.1, 0.15) is 5.75 Å². The third-order valence-corrected chi connectivity index (χ3v) is 6.24. The van der Waals surface area contributed by atoms with Crippen molar-refractivity contribution in [2.75, 3.05) is 53.4 Å². The van der Waals surface area contributed by atoms with Crippen LogP contribution in [0.2, 0.25) is 0 Å². The largest absolute Gasteiger partial charge is 0.490 e. The molecule has 0 aromatic heterocycles. The summed E-state index contributed by atoms with van der Waals surface area (Å²) < 4.78 is 6.33. The number of hydrogen-bond acceptors (Lipinski definition) is 4. The van der Waals surface area contributed by atoms with Crippen molar-refractivity contribution in [2.24, 2.45) is 4.99 Å². The van der Waals surface area contributed by atoms with E-state index in [1.165, 1.54) is 69.4 Å². The summed E-state index contributed by atoms with van der Waals surface area (Å²) in [6.07, 6.45) is 7.71. The summed E-state index contributed by atoms with van der Waals surface area (Å²) in [5, 5.41) is 6.93. The first-order valence-corrected chi connectivity index (χ1v) is 11.8. The lowest BCUT2D eigenvalue weighted by molar-refractivity contribution is 0.207. The maximum absolute atomic E-state index is 6.33. The van der Waals surface area contributed by atoms with Crippen LogP contribution in [0.3, 0.4) is 0 Å². The molecule has 2 aliphatic rings. The number of benzene rings is 1. The second-order valence-electron chi connectivity index (χ2n) is 8.84. The van der Waals surface area contributed by atoms with Crippen molar-refractivity contribution >= 4 is 29.9 Å². The molecule has 2 N–H and O–H groups in total. The quantitative estimate of drug-likeness (QED) is 0.227. The van der Waals surface area contributed by atoms with Crippen molar-refractivity contribution in [3.05, 3.63) is 29.3 Å². The van der Waals surface area contributed by atoms with E-state index in [1.807, 2.05) is 7.05 Å². The number of aliphatic imine (C=N–C) groups is 1. The Morgan fingerprint density at radius 3 is 2.68 bits per heavy atom. The Hall–Kier alpha value is -1.06. The van der Waals surface area contributed by atoms with Crippen LogP contribution >= 0.6 is 24.0 Å². The van der Waals surface area contributed by atoms with Crippen LogP contribution in [0.25, 0.3) is 0 Å². The van der Waals surface area contributed by atoms with Crippen molar-refractivity contribution in [1.29, 1.82) is 0 Å². The van der Waals surface area contributed by atoms with Gasteiger partial charge in [-0.05, 0) is 83.8 Å². The standard InChI is InChI=1S/C24H41N5O.HI/c1-20-10-11-21(23(18-20)30-22-8-4-5-9-22)19-27-24(25-2)26-12-6-14-29-15-7-13-28(3)16-17-29;/h10-11,18,22H,4-9,12-17,19H2,1-3H3,(H2,25,26,27);1H. The number of halogens is 1. The molecule has 1 aliphatic heterocycles. The first kappa shape index (κ1) is 26.2. The maximum atomic E-state index is 6.33. The molecule has 6 nitrogen and oxygen atoms in total. The Morgan fingerprint density at radius 2 is 1.90 bits per heavy atom. The molecule has 0 radical (unpaired) electrons. The number of rotatable bonds is 8. The molecule has 1 saturated heterocycles. The van der Waals surface area contributed by atoms with E-state index >= 15 is 0 Å². The van der Waals surface area contributed by atoms with Gasteiger partial charge in [-0.1, -0.05) is 12.1 Å². The fourth-order valence-electron chi connectivity index (χ4n) is 4.34. The molecule has 0 bridgehead atoms. The monoisotopic (exact) mass is 543 g/mol. The zero-order valence-electron chi connectivity index (χ0n) is 19.7. The first-order chi connectivity index (χ1) is 14.6. The normalized spacial score (nSPS) is 19.0. The SMILES string of the molecule is CN=C(NCCCN1CCCN(C)CC1)NCc1ccc(C)cc1OC1CCCC1.I. The highest BCUT2D eigenvalue weighted by molar-refractivity contribution is 14.0. The second-order valence-corrected chi connectivity index (χ2v) is 8.84. The lowest BCUT2D eigenvalue weighted by atomic mass is 10.1. The molecule has 1 saturated carbocycles. The highest BCUT2D eigenvalue weighted by Crippen LogP contribution is 2.27. The van der Waals surface area contributed by atoms with E-state index in [4.69, 9.17) is 4.74 Å². The van der Waals surface area contributed by atoms with Crippen LogP contribution in [-0.4, -0.2) is 75.2 Å².